The molecule has 7 heteroatoms. The maximum atomic E-state index is 13.6. The van der Waals surface area contributed by atoms with Crippen molar-refractivity contribution in [2.75, 3.05) is 33.3 Å². The van der Waals surface area contributed by atoms with Crippen molar-refractivity contribution in [2.45, 2.75) is 69.9 Å². The predicted octanol–water partition coefficient (Wildman–Crippen LogP) is 3.75. The fourth-order valence-corrected chi connectivity index (χ4v) is 6.35. The molecular weight excluding hydrogens is 412 g/mol. The van der Waals surface area contributed by atoms with Crippen molar-refractivity contribution in [3.63, 3.8) is 0 Å². The first-order valence-corrected chi connectivity index (χ1v) is 13.0. The van der Waals surface area contributed by atoms with E-state index in [4.69, 9.17) is 4.74 Å². The third-order valence-corrected chi connectivity index (χ3v) is 8.45. The number of rotatable bonds is 7. The van der Waals surface area contributed by atoms with Gasteiger partial charge in [-0.15, -0.1) is 0 Å². The minimum atomic E-state index is -3.78. The van der Waals surface area contributed by atoms with Gasteiger partial charge in [-0.1, -0.05) is 26.0 Å². The minimum Gasteiger partial charge on any atom is -0.487 e. The Labute approximate surface area is 187 Å². The van der Waals surface area contributed by atoms with Crippen LogP contribution in [0.2, 0.25) is 0 Å². The summed E-state index contributed by atoms with van der Waals surface area (Å²) in [5.74, 6) is 0.411. The molecule has 0 saturated carbocycles. The summed E-state index contributed by atoms with van der Waals surface area (Å²) in [6, 6.07) is 5.02. The molecule has 1 aliphatic carbocycles. The lowest BCUT2D eigenvalue weighted by molar-refractivity contribution is 0.0752. The number of fused-ring (bicyclic) bond motifs is 1. The second kappa shape index (κ2) is 10.5. The van der Waals surface area contributed by atoms with Crippen LogP contribution in [0, 0.1) is 5.92 Å². The normalized spacial score (nSPS) is 25.2. The second-order valence-corrected chi connectivity index (χ2v) is 11.0. The highest BCUT2D eigenvalue weighted by Gasteiger charge is 2.38. The Hall–Kier alpha value is -1.41. The highest BCUT2D eigenvalue weighted by molar-refractivity contribution is 7.89. The molecule has 1 aliphatic heterocycles. The SMILES string of the molecule is CCCN(C)C[C@@H]1Oc2cc(C3=CCCCC3)ccc2S(=O)(=O)N([C@@H](C)CO)C[C@H]1C. The molecule has 1 aromatic carbocycles. The summed E-state index contributed by atoms with van der Waals surface area (Å²) >= 11 is 0. The first-order chi connectivity index (χ1) is 14.8. The van der Waals surface area contributed by atoms with E-state index >= 15 is 0 Å². The Morgan fingerprint density at radius 2 is 2.10 bits per heavy atom. The molecule has 6 nitrogen and oxygen atoms in total. The van der Waals surface area contributed by atoms with Crippen molar-refractivity contribution in [1.29, 1.82) is 0 Å². The summed E-state index contributed by atoms with van der Waals surface area (Å²) in [5, 5.41) is 9.76. The number of hydrogen-bond donors (Lipinski definition) is 1. The fraction of sp³-hybridized carbons (Fsp3) is 0.667. The maximum Gasteiger partial charge on any atom is 0.247 e. The lowest BCUT2D eigenvalue weighted by Gasteiger charge is -2.37. The lowest BCUT2D eigenvalue weighted by atomic mass is 9.93. The summed E-state index contributed by atoms with van der Waals surface area (Å²) in [6.45, 7) is 7.73. The topological polar surface area (TPSA) is 70.1 Å². The molecule has 0 radical (unpaired) electrons. The predicted molar refractivity (Wildman–Crippen MR) is 125 cm³/mol. The quantitative estimate of drug-likeness (QED) is 0.685. The smallest absolute Gasteiger partial charge is 0.247 e. The number of allylic oxidation sites excluding steroid dienone is 2. The molecule has 3 rings (SSSR count). The highest BCUT2D eigenvalue weighted by Crippen LogP contribution is 2.37. The molecule has 0 amide bonds. The van der Waals surface area contributed by atoms with Gasteiger partial charge in [0.1, 0.15) is 16.7 Å². The summed E-state index contributed by atoms with van der Waals surface area (Å²) in [7, 11) is -1.70. The molecular formula is C24H38N2O4S. The monoisotopic (exact) mass is 450 g/mol. The van der Waals surface area contributed by atoms with Crippen LogP contribution in [0.1, 0.15) is 58.4 Å². The third-order valence-electron chi connectivity index (χ3n) is 6.43. The molecule has 0 spiro atoms. The molecule has 3 atom stereocenters. The van der Waals surface area contributed by atoms with Crippen molar-refractivity contribution in [3.8, 4) is 5.75 Å². The van der Waals surface area contributed by atoms with E-state index in [-0.39, 0.29) is 23.5 Å². The van der Waals surface area contributed by atoms with Gasteiger partial charge in [-0.05, 0) is 75.9 Å². The first kappa shape index (κ1) is 24.2. The van der Waals surface area contributed by atoms with Gasteiger partial charge in [0.05, 0.1) is 6.61 Å². The van der Waals surface area contributed by atoms with Gasteiger partial charge in [-0.3, -0.25) is 0 Å². The Bertz CT molecular complexity index is 884. The number of aliphatic hydroxyl groups excluding tert-OH is 1. The number of aliphatic hydroxyl groups is 1. The number of sulfonamides is 1. The largest absolute Gasteiger partial charge is 0.487 e. The van der Waals surface area contributed by atoms with Gasteiger partial charge in [-0.2, -0.15) is 4.31 Å². The molecule has 0 bridgehead atoms. The van der Waals surface area contributed by atoms with Crippen molar-refractivity contribution in [1.82, 2.24) is 9.21 Å². The van der Waals surface area contributed by atoms with Crippen LogP contribution >= 0.6 is 0 Å². The zero-order valence-corrected chi connectivity index (χ0v) is 20.2. The standard InChI is InChI=1S/C24H38N2O4S/c1-5-13-25(4)16-23-18(2)15-26(19(3)17-27)31(28,29)24-12-11-21(14-22(24)30-23)20-9-7-6-8-10-20/h9,11-12,14,18-19,23,27H,5-8,10,13,15-17H2,1-4H3/t18-,19+,23+/m1/s1. The summed E-state index contributed by atoms with van der Waals surface area (Å²) < 4.78 is 35.0. The summed E-state index contributed by atoms with van der Waals surface area (Å²) in [4.78, 5) is 2.44. The number of ether oxygens (including phenoxy) is 1. The molecule has 174 valence electrons. The van der Waals surface area contributed by atoms with Gasteiger partial charge in [0.15, 0.2) is 0 Å². The van der Waals surface area contributed by atoms with Crippen LogP contribution in [0.25, 0.3) is 5.57 Å². The van der Waals surface area contributed by atoms with E-state index in [0.717, 1.165) is 44.3 Å². The van der Waals surface area contributed by atoms with Crippen LogP contribution in [0.5, 0.6) is 5.75 Å². The molecule has 2 aliphatic rings. The van der Waals surface area contributed by atoms with E-state index in [2.05, 4.69) is 24.9 Å². The Morgan fingerprint density at radius 1 is 1.32 bits per heavy atom. The molecule has 1 heterocycles. The summed E-state index contributed by atoms with van der Waals surface area (Å²) in [5.41, 5.74) is 2.31. The second-order valence-electron chi connectivity index (χ2n) is 9.14. The molecule has 0 aromatic heterocycles. The number of likely N-dealkylation sites (N-methyl/N-ethyl adjacent to an activating group) is 1. The van der Waals surface area contributed by atoms with Crippen molar-refractivity contribution >= 4 is 15.6 Å². The molecule has 1 aromatic rings. The average Bonchev–Trinajstić information content (AvgIpc) is 2.76. The zero-order chi connectivity index (χ0) is 22.6. The molecule has 31 heavy (non-hydrogen) atoms. The average molecular weight is 451 g/mol. The van der Waals surface area contributed by atoms with Crippen molar-refractivity contribution in [2.24, 2.45) is 5.92 Å². The van der Waals surface area contributed by atoms with Gasteiger partial charge < -0.3 is 14.7 Å². The van der Waals surface area contributed by atoms with Crippen LogP contribution in [-0.2, 0) is 10.0 Å². The van der Waals surface area contributed by atoms with E-state index < -0.39 is 16.1 Å². The Balaban J connectivity index is 2.06. The Kier molecular flexibility index (Phi) is 8.19. The van der Waals surface area contributed by atoms with Gasteiger partial charge in [0, 0.05) is 25.0 Å². The fourth-order valence-electron chi connectivity index (χ4n) is 4.52. The van der Waals surface area contributed by atoms with E-state index in [9.17, 15) is 13.5 Å². The van der Waals surface area contributed by atoms with Crippen LogP contribution in [0.4, 0.5) is 0 Å². The summed E-state index contributed by atoms with van der Waals surface area (Å²) in [6.07, 6.45) is 7.61. The van der Waals surface area contributed by atoms with Crippen LogP contribution in [0.3, 0.4) is 0 Å². The van der Waals surface area contributed by atoms with Crippen LogP contribution in [0.15, 0.2) is 29.2 Å². The van der Waals surface area contributed by atoms with Crippen LogP contribution in [-0.4, -0.2) is 68.2 Å². The minimum absolute atomic E-state index is 0.0196. The van der Waals surface area contributed by atoms with E-state index in [1.807, 2.05) is 19.1 Å². The van der Waals surface area contributed by atoms with E-state index in [1.54, 1.807) is 13.0 Å². The first-order valence-electron chi connectivity index (χ1n) is 11.6. The van der Waals surface area contributed by atoms with Gasteiger partial charge in [0.2, 0.25) is 10.0 Å². The van der Waals surface area contributed by atoms with Gasteiger partial charge in [0.25, 0.3) is 0 Å². The maximum absolute atomic E-state index is 13.6. The number of nitrogens with zero attached hydrogens (tertiary/aromatic N) is 2. The Morgan fingerprint density at radius 3 is 2.74 bits per heavy atom. The van der Waals surface area contributed by atoms with Crippen molar-refractivity contribution < 1.29 is 18.3 Å². The molecule has 0 saturated heterocycles. The zero-order valence-electron chi connectivity index (χ0n) is 19.4. The van der Waals surface area contributed by atoms with Crippen molar-refractivity contribution in [3.05, 3.63) is 29.8 Å². The van der Waals surface area contributed by atoms with E-state index in [1.165, 1.54) is 16.3 Å². The van der Waals surface area contributed by atoms with Gasteiger partial charge in [-0.25, -0.2) is 8.42 Å². The molecule has 0 unspecified atom stereocenters. The lowest BCUT2D eigenvalue weighted by Crippen LogP contribution is -2.49. The van der Waals surface area contributed by atoms with Gasteiger partial charge >= 0.3 is 0 Å². The molecule has 1 N–H and O–H groups in total. The van der Waals surface area contributed by atoms with Crippen LogP contribution < -0.4 is 4.74 Å². The molecule has 0 fully saturated rings. The number of hydrogen-bond acceptors (Lipinski definition) is 5. The van der Waals surface area contributed by atoms with E-state index in [0.29, 0.717) is 12.3 Å². The third kappa shape index (κ3) is 5.51. The highest BCUT2D eigenvalue weighted by atomic mass is 32.2. The number of benzene rings is 1.